The molecular weight excluding hydrogens is 192 g/mol. The maximum atomic E-state index is 8.62. The van der Waals surface area contributed by atoms with Crippen LogP contribution in [0, 0.1) is 0 Å². The van der Waals surface area contributed by atoms with Crippen LogP contribution in [0.5, 0.6) is 11.5 Å². The molecule has 1 aromatic carbocycles. The zero-order chi connectivity index (χ0) is 10.5. The van der Waals surface area contributed by atoms with Gasteiger partial charge in [0.25, 0.3) is 0 Å². The van der Waals surface area contributed by atoms with E-state index >= 15 is 0 Å². The van der Waals surface area contributed by atoms with Crippen LogP contribution in [0.4, 0.5) is 0 Å². The molecule has 1 aliphatic rings. The van der Waals surface area contributed by atoms with Crippen molar-refractivity contribution in [3.05, 3.63) is 29.8 Å². The van der Waals surface area contributed by atoms with Crippen LogP contribution in [-0.2, 0) is 0 Å². The maximum absolute atomic E-state index is 8.62. The van der Waals surface area contributed by atoms with E-state index in [1.54, 1.807) is 0 Å². The van der Waals surface area contributed by atoms with Crippen molar-refractivity contribution in [1.82, 2.24) is 0 Å². The summed E-state index contributed by atoms with van der Waals surface area (Å²) >= 11 is 0. The molecule has 0 unspecified atom stereocenters. The van der Waals surface area contributed by atoms with Crippen molar-refractivity contribution in [3.63, 3.8) is 0 Å². The highest BCUT2D eigenvalue weighted by Gasteiger charge is 2.11. The number of hydrogen-bond donors (Lipinski definition) is 1. The lowest BCUT2D eigenvalue weighted by molar-refractivity contribution is 0.174. The van der Waals surface area contributed by atoms with Gasteiger partial charge >= 0.3 is 0 Å². The number of fused-ring (bicyclic) bond motifs is 1. The van der Waals surface area contributed by atoms with E-state index in [0.29, 0.717) is 6.79 Å². The predicted molar refractivity (Wildman–Crippen MR) is 57.9 cm³/mol. The van der Waals surface area contributed by atoms with Crippen molar-refractivity contribution in [2.24, 2.45) is 0 Å². The topological polar surface area (TPSA) is 38.7 Å². The zero-order valence-corrected chi connectivity index (χ0v) is 8.48. The van der Waals surface area contributed by atoms with Gasteiger partial charge in [-0.1, -0.05) is 18.2 Å². The first-order valence-corrected chi connectivity index (χ1v) is 5.07. The van der Waals surface area contributed by atoms with Crippen molar-refractivity contribution >= 4 is 6.08 Å². The Labute approximate surface area is 88.9 Å². The molecule has 3 nitrogen and oxygen atoms in total. The van der Waals surface area contributed by atoms with Gasteiger partial charge in [0.2, 0.25) is 6.79 Å². The molecule has 0 atom stereocenters. The number of rotatable bonds is 4. The monoisotopic (exact) mass is 206 g/mol. The van der Waals surface area contributed by atoms with Crippen molar-refractivity contribution in [2.45, 2.75) is 12.8 Å². The van der Waals surface area contributed by atoms with E-state index in [2.05, 4.69) is 0 Å². The minimum absolute atomic E-state index is 0.242. The molecule has 1 aromatic rings. The molecule has 80 valence electrons. The van der Waals surface area contributed by atoms with Crippen molar-refractivity contribution in [3.8, 4) is 11.5 Å². The Bertz CT molecular complexity index is 358. The Hall–Kier alpha value is -1.48. The largest absolute Gasteiger partial charge is 0.454 e. The number of ether oxygens (including phenoxy) is 2. The van der Waals surface area contributed by atoms with E-state index in [1.165, 1.54) is 0 Å². The van der Waals surface area contributed by atoms with E-state index < -0.39 is 0 Å². The first-order valence-electron chi connectivity index (χ1n) is 5.07. The number of aliphatic hydroxyl groups is 1. The Kier molecular flexibility index (Phi) is 3.25. The third-order valence-corrected chi connectivity index (χ3v) is 2.24. The van der Waals surface area contributed by atoms with E-state index in [0.717, 1.165) is 29.9 Å². The predicted octanol–water partition coefficient (Wildman–Crippen LogP) is 2.20. The van der Waals surface area contributed by atoms with Crippen LogP contribution in [0.3, 0.4) is 0 Å². The Balaban J connectivity index is 2.00. The van der Waals surface area contributed by atoms with Crippen LogP contribution >= 0.6 is 0 Å². The quantitative estimate of drug-likeness (QED) is 0.767. The Morgan fingerprint density at radius 3 is 3.00 bits per heavy atom. The molecule has 1 heterocycles. The number of allylic oxidation sites excluding steroid dienone is 1. The molecule has 0 aromatic heterocycles. The van der Waals surface area contributed by atoms with Crippen LogP contribution in [0.2, 0.25) is 0 Å². The summed E-state index contributed by atoms with van der Waals surface area (Å²) in [5.41, 5.74) is 1.09. The molecule has 3 heteroatoms. The van der Waals surface area contributed by atoms with Gasteiger partial charge in [0.15, 0.2) is 11.5 Å². The van der Waals surface area contributed by atoms with Crippen LogP contribution in [0.15, 0.2) is 24.3 Å². The molecule has 1 aliphatic heterocycles. The van der Waals surface area contributed by atoms with E-state index in [-0.39, 0.29) is 6.61 Å². The molecule has 15 heavy (non-hydrogen) atoms. The van der Waals surface area contributed by atoms with Gasteiger partial charge < -0.3 is 14.6 Å². The van der Waals surface area contributed by atoms with Crippen LogP contribution in [0.1, 0.15) is 18.4 Å². The SMILES string of the molecule is OCCC/C=C/c1ccc2c(c1)OCO2. The fraction of sp³-hybridized carbons (Fsp3) is 0.333. The summed E-state index contributed by atoms with van der Waals surface area (Å²) in [6.45, 7) is 0.554. The first-order chi connectivity index (χ1) is 7.40. The lowest BCUT2D eigenvalue weighted by Crippen LogP contribution is -1.92. The van der Waals surface area contributed by atoms with Crippen molar-refractivity contribution < 1.29 is 14.6 Å². The molecule has 1 N–H and O–H groups in total. The van der Waals surface area contributed by atoms with Gasteiger partial charge in [0.05, 0.1) is 0 Å². The lowest BCUT2D eigenvalue weighted by Gasteiger charge is -1.97. The summed E-state index contributed by atoms with van der Waals surface area (Å²) in [6, 6.07) is 5.86. The second-order valence-corrected chi connectivity index (χ2v) is 3.38. The minimum Gasteiger partial charge on any atom is -0.454 e. The Morgan fingerprint density at radius 2 is 2.13 bits per heavy atom. The molecule has 0 radical (unpaired) electrons. The number of hydrogen-bond acceptors (Lipinski definition) is 3. The molecule has 0 bridgehead atoms. The molecule has 2 rings (SSSR count). The standard InChI is InChI=1S/C12H14O3/c13-7-3-1-2-4-10-5-6-11-12(8-10)15-9-14-11/h2,4-6,8,13H,1,3,7,9H2/b4-2+. The summed E-state index contributed by atoms with van der Waals surface area (Å²) < 4.78 is 10.5. The van der Waals surface area contributed by atoms with Gasteiger partial charge in [-0.3, -0.25) is 0 Å². The first kappa shape index (κ1) is 10.1. The third-order valence-electron chi connectivity index (χ3n) is 2.24. The molecule has 0 aliphatic carbocycles. The van der Waals surface area contributed by atoms with Crippen molar-refractivity contribution in [2.75, 3.05) is 13.4 Å². The van der Waals surface area contributed by atoms with E-state index in [4.69, 9.17) is 14.6 Å². The van der Waals surface area contributed by atoms with Crippen LogP contribution in [0.25, 0.3) is 6.08 Å². The average molecular weight is 206 g/mol. The second kappa shape index (κ2) is 4.84. The summed E-state index contributed by atoms with van der Waals surface area (Å²) in [5.74, 6) is 1.61. The fourth-order valence-electron chi connectivity index (χ4n) is 1.45. The van der Waals surface area contributed by atoms with Crippen LogP contribution in [-0.4, -0.2) is 18.5 Å². The van der Waals surface area contributed by atoms with Gasteiger partial charge in [0, 0.05) is 6.61 Å². The molecular formula is C12H14O3. The molecule has 0 amide bonds. The number of unbranched alkanes of at least 4 members (excludes halogenated alkanes) is 1. The molecule has 0 saturated heterocycles. The van der Waals surface area contributed by atoms with E-state index in [1.807, 2.05) is 30.4 Å². The van der Waals surface area contributed by atoms with Gasteiger partial charge in [0.1, 0.15) is 0 Å². The minimum atomic E-state index is 0.242. The van der Waals surface area contributed by atoms with Gasteiger partial charge in [-0.2, -0.15) is 0 Å². The van der Waals surface area contributed by atoms with E-state index in [9.17, 15) is 0 Å². The van der Waals surface area contributed by atoms with Crippen LogP contribution < -0.4 is 9.47 Å². The normalized spacial score (nSPS) is 13.7. The van der Waals surface area contributed by atoms with Gasteiger partial charge in [-0.05, 0) is 30.5 Å². The highest BCUT2D eigenvalue weighted by molar-refractivity contribution is 5.56. The molecule has 0 fully saturated rings. The highest BCUT2D eigenvalue weighted by atomic mass is 16.7. The molecule has 0 spiro atoms. The fourth-order valence-corrected chi connectivity index (χ4v) is 1.45. The average Bonchev–Trinajstić information content (AvgIpc) is 2.71. The maximum Gasteiger partial charge on any atom is 0.231 e. The lowest BCUT2D eigenvalue weighted by atomic mass is 10.1. The van der Waals surface area contributed by atoms with Crippen molar-refractivity contribution in [1.29, 1.82) is 0 Å². The van der Waals surface area contributed by atoms with Gasteiger partial charge in [-0.25, -0.2) is 0 Å². The summed E-state index contributed by atoms with van der Waals surface area (Å²) in [6.07, 6.45) is 5.78. The zero-order valence-electron chi connectivity index (χ0n) is 8.48. The number of aliphatic hydroxyl groups excluding tert-OH is 1. The number of benzene rings is 1. The third kappa shape index (κ3) is 2.50. The summed E-state index contributed by atoms with van der Waals surface area (Å²) in [4.78, 5) is 0. The summed E-state index contributed by atoms with van der Waals surface area (Å²) in [7, 11) is 0. The highest BCUT2D eigenvalue weighted by Crippen LogP contribution is 2.32. The summed E-state index contributed by atoms with van der Waals surface area (Å²) in [5, 5.41) is 8.62. The van der Waals surface area contributed by atoms with Gasteiger partial charge in [-0.15, -0.1) is 0 Å². The molecule has 0 saturated carbocycles. The second-order valence-electron chi connectivity index (χ2n) is 3.38. The Morgan fingerprint density at radius 1 is 1.27 bits per heavy atom. The smallest absolute Gasteiger partial charge is 0.231 e.